The van der Waals surface area contributed by atoms with Gasteiger partial charge in [0.05, 0.1) is 0 Å². The van der Waals surface area contributed by atoms with E-state index in [1.165, 1.54) is 6.20 Å². The van der Waals surface area contributed by atoms with Crippen molar-refractivity contribution in [3.05, 3.63) is 71.1 Å². The predicted molar refractivity (Wildman–Crippen MR) is 97.2 cm³/mol. The molecule has 26 heavy (non-hydrogen) atoms. The van der Waals surface area contributed by atoms with E-state index in [2.05, 4.69) is 31.3 Å². The van der Waals surface area contributed by atoms with Crippen LogP contribution in [0.1, 0.15) is 16.2 Å². The van der Waals surface area contributed by atoms with Crippen molar-refractivity contribution in [3.63, 3.8) is 0 Å². The maximum atomic E-state index is 12.4. The normalized spacial score (nSPS) is 10.8. The number of anilines is 2. The Bertz CT molecular complexity index is 975. The molecule has 1 heterocycles. The summed E-state index contributed by atoms with van der Waals surface area (Å²) in [4.78, 5) is 12.4. The molecule has 0 fully saturated rings. The molecule has 0 aliphatic heterocycles. The number of aromatic amines is 1. The summed E-state index contributed by atoms with van der Waals surface area (Å²) < 4.78 is 0. The second-order valence-corrected chi connectivity index (χ2v) is 5.53. The van der Waals surface area contributed by atoms with Crippen LogP contribution in [0.3, 0.4) is 0 Å². The Morgan fingerprint density at radius 2 is 2.00 bits per heavy atom. The number of benzene rings is 2. The number of H-pyrrole nitrogens is 1. The lowest BCUT2D eigenvalue weighted by Crippen LogP contribution is -2.11. The van der Waals surface area contributed by atoms with E-state index >= 15 is 0 Å². The first-order valence-corrected chi connectivity index (χ1v) is 7.81. The van der Waals surface area contributed by atoms with Crippen LogP contribution >= 0.6 is 11.6 Å². The topological polar surface area (TPSA) is 119 Å². The standard InChI is InChI=1S/C17H12ClN7O/c18-13-4-6-14(7-5-13)21-17(26)11-2-1-3-15(8-11)20-10-12(9-19)16-22-24-25-23-16/h1-8,10,20H,(H,21,26)(H,22,23,24,25). The number of nitrogens with one attached hydrogen (secondary N) is 3. The molecule has 0 spiro atoms. The first kappa shape index (κ1) is 17.1. The van der Waals surface area contributed by atoms with Gasteiger partial charge in [-0.25, -0.2) is 0 Å². The molecule has 0 saturated heterocycles. The van der Waals surface area contributed by atoms with Gasteiger partial charge in [0, 0.05) is 28.2 Å². The fourth-order valence-electron chi connectivity index (χ4n) is 2.06. The lowest BCUT2D eigenvalue weighted by molar-refractivity contribution is 0.102. The molecule has 0 aliphatic carbocycles. The third-order valence-corrected chi connectivity index (χ3v) is 3.57. The second kappa shape index (κ2) is 7.92. The van der Waals surface area contributed by atoms with E-state index in [0.29, 0.717) is 22.0 Å². The van der Waals surface area contributed by atoms with Crippen LogP contribution in [0.2, 0.25) is 5.02 Å². The summed E-state index contributed by atoms with van der Waals surface area (Å²) in [5.74, 6) is -0.0877. The van der Waals surface area contributed by atoms with E-state index in [1.54, 1.807) is 48.5 Å². The predicted octanol–water partition coefficient (Wildman–Crippen LogP) is 3.08. The number of hydrogen-bond donors (Lipinski definition) is 3. The summed E-state index contributed by atoms with van der Waals surface area (Å²) in [5, 5.41) is 28.7. The van der Waals surface area contributed by atoms with Crippen molar-refractivity contribution >= 4 is 34.5 Å². The molecule has 3 N–H and O–H groups in total. The van der Waals surface area contributed by atoms with Crippen LogP contribution in [0.5, 0.6) is 0 Å². The van der Waals surface area contributed by atoms with Crippen molar-refractivity contribution in [2.24, 2.45) is 0 Å². The number of rotatable bonds is 5. The fraction of sp³-hybridized carbons (Fsp3) is 0. The summed E-state index contributed by atoms with van der Waals surface area (Å²) in [6.07, 6.45) is 1.45. The molecule has 1 aromatic heterocycles. The monoisotopic (exact) mass is 365 g/mol. The summed E-state index contributed by atoms with van der Waals surface area (Å²) in [5.41, 5.74) is 1.93. The van der Waals surface area contributed by atoms with Crippen LogP contribution in [0.25, 0.3) is 5.57 Å². The highest BCUT2D eigenvalue weighted by atomic mass is 35.5. The zero-order valence-electron chi connectivity index (χ0n) is 13.3. The second-order valence-electron chi connectivity index (χ2n) is 5.09. The van der Waals surface area contributed by atoms with E-state index in [1.807, 2.05) is 6.07 Å². The summed E-state index contributed by atoms with van der Waals surface area (Å²) >= 11 is 5.83. The largest absolute Gasteiger partial charge is 0.360 e. The van der Waals surface area contributed by atoms with Crippen molar-refractivity contribution in [2.45, 2.75) is 0 Å². The fourth-order valence-corrected chi connectivity index (χ4v) is 2.19. The molecule has 2 aromatic carbocycles. The minimum absolute atomic E-state index is 0.177. The van der Waals surface area contributed by atoms with Crippen LogP contribution < -0.4 is 10.6 Å². The number of amides is 1. The number of nitrogens with zero attached hydrogens (tertiary/aromatic N) is 4. The highest BCUT2D eigenvalue weighted by Crippen LogP contribution is 2.17. The van der Waals surface area contributed by atoms with Crippen molar-refractivity contribution < 1.29 is 4.79 Å². The van der Waals surface area contributed by atoms with Gasteiger partial charge in [0.15, 0.2) is 0 Å². The quantitative estimate of drug-likeness (QED) is 0.598. The Balaban J connectivity index is 1.72. The van der Waals surface area contributed by atoms with Gasteiger partial charge in [-0.05, 0) is 47.7 Å². The number of carbonyl (C=O) groups is 1. The lowest BCUT2D eigenvalue weighted by Gasteiger charge is -2.07. The van der Waals surface area contributed by atoms with Gasteiger partial charge in [0.25, 0.3) is 5.91 Å². The zero-order chi connectivity index (χ0) is 18.4. The first-order chi connectivity index (χ1) is 12.7. The first-order valence-electron chi connectivity index (χ1n) is 7.43. The Labute approximate surface area is 153 Å². The summed E-state index contributed by atoms with van der Waals surface area (Å²) in [6, 6.07) is 15.6. The number of allylic oxidation sites excluding steroid dienone is 1. The third-order valence-electron chi connectivity index (χ3n) is 3.32. The van der Waals surface area contributed by atoms with Crippen LogP contribution in [0.4, 0.5) is 11.4 Å². The van der Waals surface area contributed by atoms with Crippen molar-refractivity contribution in [1.82, 2.24) is 20.6 Å². The average Bonchev–Trinajstić information content (AvgIpc) is 3.19. The molecule has 0 saturated carbocycles. The van der Waals surface area contributed by atoms with Crippen molar-refractivity contribution in [3.8, 4) is 6.07 Å². The highest BCUT2D eigenvalue weighted by molar-refractivity contribution is 6.30. The molecule has 0 aliphatic rings. The van der Waals surface area contributed by atoms with Crippen molar-refractivity contribution in [2.75, 3.05) is 10.6 Å². The van der Waals surface area contributed by atoms with Gasteiger partial charge in [0.1, 0.15) is 11.6 Å². The SMILES string of the molecule is N#CC(=CNc1cccc(C(=O)Nc2ccc(Cl)cc2)c1)c1nn[nH]n1. The number of aromatic nitrogens is 4. The maximum Gasteiger partial charge on any atom is 0.255 e. The molecule has 3 aromatic rings. The maximum absolute atomic E-state index is 12.4. The van der Waals surface area contributed by atoms with Crippen LogP contribution in [-0.4, -0.2) is 26.5 Å². The molecule has 0 radical (unpaired) electrons. The van der Waals surface area contributed by atoms with E-state index in [9.17, 15) is 4.79 Å². The molecule has 0 atom stereocenters. The van der Waals surface area contributed by atoms with Gasteiger partial charge in [-0.3, -0.25) is 4.79 Å². The molecular formula is C17H12ClN7O. The number of hydrogen-bond acceptors (Lipinski definition) is 6. The van der Waals surface area contributed by atoms with Gasteiger partial charge in [-0.15, -0.1) is 10.2 Å². The lowest BCUT2D eigenvalue weighted by atomic mass is 10.1. The minimum atomic E-state index is -0.265. The Hall–Kier alpha value is -3.70. The van der Waals surface area contributed by atoms with E-state index in [0.717, 1.165) is 0 Å². The van der Waals surface area contributed by atoms with Gasteiger partial charge >= 0.3 is 0 Å². The Morgan fingerprint density at radius 3 is 2.69 bits per heavy atom. The van der Waals surface area contributed by atoms with Crippen LogP contribution in [-0.2, 0) is 0 Å². The molecule has 128 valence electrons. The molecule has 9 heteroatoms. The Morgan fingerprint density at radius 1 is 1.19 bits per heavy atom. The van der Waals surface area contributed by atoms with E-state index < -0.39 is 0 Å². The highest BCUT2D eigenvalue weighted by Gasteiger charge is 2.08. The number of carbonyl (C=O) groups excluding carboxylic acids is 1. The van der Waals surface area contributed by atoms with Gasteiger partial charge in [-0.1, -0.05) is 17.7 Å². The van der Waals surface area contributed by atoms with Crippen LogP contribution in [0, 0.1) is 11.3 Å². The Kier molecular flexibility index (Phi) is 5.22. The average molecular weight is 366 g/mol. The summed E-state index contributed by atoms with van der Waals surface area (Å²) in [6.45, 7) is 0. The molecule has 1 amide bonds. The van der Waals surface area contributed by atoms with Crippen molar-refractivity contribution in [1.29, 1.82) is 5.26 Å². The smallest absolute Gasteiger partial charge is 0.255 e. The van der Waals surface area contributed by atoms with Gasteiger partial charge in [-0.2, -0.15) is 10.5 Å². The molecule has 0 unspecified atom stereocenters. The molecule has 3 rings (SSSR count). The van der Waals surface area contributed by atoms with Gasteiger partial charge < -0.3 is 10.6 Å². The minimum Gasteiger partial charge on any atom is -0.360 e. The molecule has 0 bridgehead atoms. The zero-order valence-corrected chi connectivity index (χ0v) is 14.0. The van der Waals surface area contributed by atoms with Gasteiger partial charge in [0.2, 0.25) is 5.82 Å². The number of tetrazole rings is 1. The van der Waals surface area contributed by atoms with Crippen LogP contribution in [0.15, 0.2) is 54.7 Å². The van der Waals surface area contributed by atoms with E-state index in [4.69, 9.17) is 16.9 Å². The van der Waals surface area contributed by atoms with E-state index in [-0.39, 0.29) is 17.3 Å². The molecular weight excluding hydrogens is 354 g/mol. The third kappa shape index (κ3) is 4.23. The number of nitriles is 1. The molecule has 8 nitrogen and oxygen atoms in total. The number of halogens is 1. The summed E-state index contributed by atoms with van der Waals surface area (Å²) in [7, 11) is 0.